The Kier molecular flexibility index (Phi) is 9.09. The summed E-state index contributed by atoms with van der Waals surface area (Å²) in [5, 5.41) is 1.33. The van der Waals surface area contributed by atoms with E-state index in [1.807, 2.05) is 0 Å². The first-order valence-corrected chi connectivity index (χ1v) is 15.6. The van der Waals surface area contributed by atoms with E-state index in [0.29, 0.717) is 6.42 Å². The predicted octanol–water partition coefficient (Wildman–Crippen LogP) is 6.66. The Balaban J connectivity index is 5.28. The van der Waals surface area contributed by atoms with Crippen LogP contribution in [0.1, 0.15) is 80.6 Å². The fourth-order valence-electron chi connectivity index (χ4n) is 1.60. The van der Waals surface area contributed by atoms with E-state index in [0.717, 1.165) is 12.8 Å². The fourth-order valence-corrected chi connectivity index (χ4v) is 3.33. The van der Waals surface area contributed by atoms with E-state index in [4.69, 9.17) is 9.05 Å². The molecule has 0 saturated carbocycles. The highest BCUT2D eigenvalue weighted by molar-refractivity contribution is 6.75. The van der Waals surface area contributed by atoms with Crippen LogP contribution in [0.3, 0.4) is 0 Å². The van der Waals surface area contributed by atoms with Gasteiger partial charge in [-0.15, -0.1) is 5.23 Å². The van der Waals surface area contributed by atoms with Gasteiger partial charge >= 0.3 is 0 Å². The van der Waals surface area contributed by atoms with Gasteiger partial charge in [0.2, 0.25) is 16.6 Å². The Morgan fingerprint density at radius 1 is 0.800 bits per heavy atom. The molecule has 0 unspecified atom stereocenters. The number of hydroxylamine groups is 2. The van der Waals surface area contributed by atoms with Crippen molar-refractivity contribution in [3.8, 4) is 0 Å². The van der Waals surface area contributed by atoms with E-state index in [2.05, 4.69) is 74.7 Å². The Hall–Kier alpha value is -0.176. The van der Waals surface area contributed by atoms with Crippen molar-refractivity contribution < 1.29 is 13.8 Å². The number of amides is 1. The molecule has 0 aromatic heterocycles. The zero-order chi connectivity index (χ0) is 20.1. The summed E-state index contributed by atoms with van der Waals surface area (Å²) in [5.74, 6) is -0.0363. The average molecular weight is 390 g/mol. The highest BCUT2D eigenvalue weighted by Gasteiger charge is 2.45. The van der Waals surface area contributed by atoms with Crippen LogP contribution in [0.25, 0.3) is 0 Å². The summed E-state index contributed by atoms with van der Waals surface area (Å²) >= 11 is 0. The van der Waals surface area contributed by atoms with E-state index in [9.17, 15) is 4.79 Å². The third kappa shape index (κ3) is 7.93. The quantitative estimate of drug-likeness (QED) is 0.251. The van der Waals surface area contributed by atoms with Crippen molar-refractivity contribution in [3.05, 3.63) is 0 Å². The van der Waals surface area contributed by atoms with E-state index < -0.39 is 16.6 Å². The van der Waals surface area contributed by atoms with Crippen molar-refractivity contribution in [2.24, 2.45) is 0 Å². The first-order chi connectivity index (χ1) is 11.0. The first-order valence-electron chi connectivity index (χ1n) is 9.76. The smallest absolute Gasteiger partial charge is 0.271 e. The van der Waals surface area contributed by atoms with Gasteiger partial charge in [-0.2, -0.15) is 0 Å². The van der Waals surface area contributed by atoms with E-state index in [1.54, 1.807) is 0 Å². The molecule has 0 aliphatic rings. The minimum Gasteiger partial charge on any atom is -0.295 e. The molecule has 1 amide bonds. The van der Waals surface area contributed by atoms with Crippen LogP contribution in [0.4, 0.5) is 0 Å². The molecule has 150 valence electrons. The normalized spacial score (nSPS) is 13.9. The van der Waals surface area contributed by atoms with Gasteiger partial charge in [0.1, 0.15) is 0 Å². The second-order valence-corrected chi connectivity index (χ2v) is 19.6. The van der Waals surface area contributed by atoms with E-state index in [1.165, 1.54) is 18.1 Å². The van der Waals surface area contributed by atoms with Gasteiger partial charge in [-0.1, -0.05) is 67.7 Å². The van der Waals surface area contributed by atoms with Crippen LogP contribution in [0, 0.1) is 0 Å². The molecule has 0 N–H and O–H groups in total. The maximum Gasteiger partial charge on any atom is 0.271 e. The zero-order valence-corrected chi connectivity index (χ0v) is 20.7. The molecular formula is C19H43NO3Si2. The molecule has 6 heteroatoms. The van der Waals surface area contributed by atoms with Gasteiger partial charge in [0.15, 0.2) is 0 Å². The molecule has 25 heavy (non-hydrogen) atoms. The van der Waals surface area contributed by atoms with E-state index in [-0.39, 0.29) is 16.0 Å². The van der Waals surface area contributed by atoms with Gasteiger partial charge in [-0.25, -0.2) is 0 Å². The van der Waals surface area contributed by atoms with Crippen LogP contribution >= 0.6 is 0 Å². The molecule has 4 nitrogen and oxygen atoms in total. The standard InChI is InChI=1S/C19H43NO3Si2/c1-12-13-14-15-16-17(21)20(22-24(8,9)18(2,3)4)23-25(10,11)19(5,6)7/h12-16H2,1-11H3. The molecule has 0 aliphatic heterocycles. The highest BCUT2D eigenvalue weighted by Crippen LogP contribution is 2.40. The van der Waals surface area contributed by atoms with Crippen molar-refractivity contribution >= 4 is 22.5 Å². The summed E-state index contributed by atoms with van der Waals surface area (Å²) in [6.45, 7) is 23.8. The maximum atomic E-state index is 12.8. The van der Waals surface area contributed by atoms with Crippen molar-refractivity contribution in [1.82, 2.24) is 5.23 Å². The molecule has 0 heterocycles. The summed E-state index contributed by atoms with van der Waals surface area (Å²) in [7, 11) is -4.28. The molecule has 0 radical (unpaired) electrons. The van der Waals surface area contributed by atoms with Crippen molar-refractivity contribution in [2.75, 3.05) is 0 Å². The lowest BCUT2D eigenvalue weighted by molar-refractivity contribution is -0.260. The topological polar surface area (TPSA) is 38.8 Å². The number of nitrogens with zero attached hydrogens (tertiary/aromatic N) is 1. The first kappa shape index (κ1) is 24.8. The van der Waals surface area contributed by atoms with Crippen LogP contribution in [-0.4, -0.2) is 27.8 Å². The number of hydrogen-bond donors (Lipinski definition) is 0. The molecule has 0 aromatic carbocycles. The maximum absolute atomic E-state index is 12.8. The second kappa shape index (κ2) is 9.15. The van der Waals surface area contributed by atoms with Crippen LogP contribution in [-0.2, 0) is 13.8 Å². The molecule has 0 rings (SSSR count). The van der Waals surface area contributed by atoms with Crippen LogP contribution in [0.5, 0.6) is 0 Å². The van der Waals surface area contributed by atoms with E-state index >= 15 is 0 Å². The largest absolute Gasteiger partial charge is 0.295 e. The van der Waals surface area contributed by atoms with Gasteiger partial charge in [0.05, 0.1) is 0 Å². The predicted molar refractivity (Wildman–Crippen MR) is 112 cm³/mol. The van der Waals surface area contributed by atoms with Crippen molar-refractivity contribution in [2.45, 2.75) is 117 Å². The third-order valence-electron chi connectivity index (χ3n) is 5.68. The van der Waals surface area contributed by atoms with Gasteiger partial charge in [-0.05, 0) is 42.7 Å². The number of rotatable bonds is 9. The van der Waals surface area contributed by atoms with Crippen molar-refractivity contribution in [1.29, 1.82) is 0 Å². The minimum atomic E-state index is -2.14. The number of hydrogen-bond acceptors (Lipinski definition) is 3. The van der Waals surface area contributed by atoms with Crippen LogP contribution < -0.4 is 0 Å². The van der Waals surface area contributed by atoms with Crippen LogP contribution in [0.15, 0.2) is 0 Å². The molecule has 0 aromatic rings. The molecule has 0 atom stereocenters. The summed E-state index contributed by atoms with van der Waals surface area (Å²) in [6, 6.07) is 0. The lowest BCUT2D eigenvalue weighted by Crippen LogP contribution is -2.54. The van der Waals surface area contributed by atoms with Gasteiger partial charge in [0, 0.05) is 6.42 Å². The molecule has 0 spiro atoms. The molecule has 0 saturated heterocycles. The minimum absolute atomic E-state index is 0.0184. The number of unbranched alkanes of at least 4 members (excludes halogenated alkanes) is 3. The summed E-state index contributed by atoms with van der Waals surface area (Å²) in [4.78, 5) is 12.8. The lowest BCUT2D eigenvalue weighted by atomic mass is 10.1. The van der Waals surface area contributed by atoms with Crippen LogP contribution in [0.2, 0.25) is 36.3 Å². The van der Waals surface area contributed by atoms with Gasteiger partial charge in [-0.3, -0.25) is 13.8 Å². The zero-order valence-electron chi connectivity index (χ0n) is 18.7. The molecule has 0 fully saturated rings. The SMILES string of the molecule is CCCCCCC(=O)N(O[Si](C)(C)C(C)(C)C)O[Si](C)(C)C(C)(C)C. The second-order valence-electron chi connectivity index (χ2n) is 10.2. The summed E-state index contributed by atoms with van der Waals surface area (Å²) < 4.78 is 12.6. The van der Waals surface area contributed by atoms with Crippen molar-refractivity contribution in [3.63, 3.8) is 0 Å². The molecule has 0 aliphatic carbocycles. The number of carbonyl (C=O) groups is 1. The Morgan fingerprint density at radius 2 is 1.20 bits per heavy atom. The Bertz CT molecular complexity index is 395. The van der Waals surface area contributed by atoms with Gasteiger partial charge < -0.3 is 0 Å². The lowest BCUT2D eigenvalue weighted by Gasteiger charge is -2.43. The molecule has 0 bridgehead atoms. The summed E-state index contributed by atoms with van der Waals surface area (Å²) in [5.41, 5.74) is 0. The Labute approximate surface area is 158 Å². The fraction of sp³-hybridized carbons (Fsp3) is 0.947. The molecular weight excluding hydrogens is 346 g/mol. The van der Waals surface area contributed by atoms with Gasteiger partial charge in [0.25, 0.3) is 5.91 Å². The third-order valence-corrected chi connectivity index (χ3v) is 14.2. The number of carbonyl (C=O) groups excluding carboxylic acids is 1. The highest BCUT2D eigenvalue weighted by atomic mass is 28.4. The Morgan fingerprint density at radius 3 is 1.52 bits per heavy atom. The average Bonchev–Trinajstić information content (AvgIpc) is 2.39. The summed E-state index contributed by atoms with van der Waals surface area (Å²) in [6.07, 6.45) is 4.79. The monoisotopic (exact) mass is 389 g/mol.